The minimum atomic E-state index is -0.554. The van der Waals surface area contributed by atoms with Crippen LogP contribution in [0.25, 0.3) is 0 Å². The Morgan fingerprint density at radius 3 is 2.14 bits per heavy atom. The minimum Gasteiger partial charge on any atom is -0.350 e. The van der Waals surface area contributed by atoms with Gasteiger partial charge in [0.1, 0.15) is 0 Å². The normalized spacial score (nSPS) is 31.0. The lowest BCUT2D eigenvalue weighted by molar-refractivity contribution is 0.249. The van der Waals surface area contributed by atoms with Gasteiger partial charge in [-0.15, -0.1) is 0 Å². The molecule has 0 aromatic rings. The highest BCUT2D eigenvalue weighted by molar-refractivity contribution is 5.91. The van der Waals surface area contributed by atoms with Crippen LogP contribution in [0.4, 0.5) is 4.79 Å². The highest BCUT2D eigenvalue weighted by Gasteiger charge is 2.32. The van der Waals surface area contributed by atoms with Gasteiger partial charge >= 0.3 is 6.03 Å². The van der Waals surface area contributed by atoms with Gasteiger partial charge in [-0.3, -0.25) is 0 Å². The quantitative estimate of drug-likeness (QED) is 0.613. The minimum absolute atomic E-state index is 0.554. The van der Waals surface area contributed by atoms with Gasteiger partial charge in [-0.05, 0) is 37.5 Å². The fourth-order valence-corrected chi connectivity index (χ4v) is 2.74. The van der Waals surface area contributed by atoms with Crippen molar-refractivity contribution in [3.05, 3.63) is 0 Å². The van der Waals surface area contributed by atoms with Crippen molar-refractivity contribution < 1.29 is 4.79 Å². The van der Waals surface area contributed by atoms with Crippen LogP contribution in [0.5, 0.6) is 0 Å². The van der Waals surface area contributed by atoms with Crippen molar-refractivity contribution >= 4 is 11.7 Å². The molecule has 4 nitrogen and oxygen atoms in total. The second-order valence-electron chi connectivity index (χ2n) is 4.27. The molecule has 0 radical (unpaired) electrons. The molecule has 0 aromatic carbocycles. The predicted molar refractivity (Wildman–Crippen MR) is 54.8 cm³/mol. The van der Waals surface area contributed by atoms with Gasteiger partial charge in [0.05, 0.1) is 0 Å². The highest BCUT2D eigenvalue weighted by Crippen LogP contribution is 2.37. The van der Waals surface area contributed by atoms with Gasteiger partial charge in [-0.1, -0.05) is 12.8 Å². The average Bonchev–Trinajstić information content (AvgIpc) is 2.13. The zero-order chi connectivity index (χ0) is 9.97. The molecule has 0 aromatic heterocycles. The summed E-state index contributed by atoms with van der Waals surface area (Å²) in [4.78, 5) is 10.6. The number of rotatable bonds is 1. The van der Waals surface area contributed by atoms with Gasteiger partial charge in [-0.25, -0.2) is 10.2 Å². The maximum atomic E-state index is 10.6. The summed E-state index contributed by atoms with van der Waals surface area (Å²) in [6.07, 6.45) is 7.55. The van der Waals surface area contributed by atoms with Crippen LogP contribution in [0.15, 0.2) is 5.10 Å². The number of nitrogens with zero attached hydrogens (tertiary/aromatic N) is 1. The maximum Gasteiger partial charge on any atom is 0.332 e. The molecular weight excluding hydrogens is 178 g/mol. The van der Waals surface area contributed by atoms with E-state index in [1.807, 2.05) is 0 Å². The molecule has 14 heavy (non-hydrogen) atoms. The van der Waals surface area contributed by atoms with Gasteiger partial charge in [0.2, 0.25) is 0 Å². The molecule has 0 heterocycles. The van der Waals surface area contributed by atoms with Crippen molar-refractivity contribution in [1.29, 1.82) is 0 Å². The first kappa shape index (κ1) is 9.49. The molecule has 2 aliphatic carbocycles. The second kappa shape index (κ2) is 3.98. The van der Waals surface area contributed by atoms with Crippen LogP contribution in [0.3, 0.4) is 0 Å². The Balaban J connectivity index is 2.07. The summed E-state index contributed by atoms with van der Waals surface area (Å²) in [6.45, 7) is 0. The molecule has 3 N–H and O–H groups in total. The van der Waals surface area contributed by atoms with E-state index in [0.29, 0.717) is 11.8 Å². The van der Waals surface area contributed by atoms with E-state index in [1.54, 1.807) is 0 Å². The third-order valence-electron chi connectivity index (χ3n) is 3.34. The van der Waals surface area contributed by atoms with E-state index < -0.39 is 6.03 Å². The molecule has 0 spiro atoms. The molecule has 0 atom stereocenters. The van der Waals surface area contributed by atoms with Crippen molar-refractivity contribution in [1.82, 2.24) is 5.43 Å². The summed E-state index contributed by atoms with van der Waals surface area (Å²) < 4.78 is 0. The fourth-order valence-electron chi connectivity index (χ4n) is 2.74. The first-order valence-electron chi connectivity index (χ1n) is 5.40. The number of carbonyl (C=O) groups is 1. The molecule has 0 saturated heterocycles. The van der Waals surface area contributed by atoms with Crippen LogP contribution in [-0.2, 0) is 0 Å². The number of hydrazone groups is 1. The Morgan fingerprint density at radius 1 is 1.21 bits per heavy atom. The van der Waals surface area contributed by atoms with E-state index in [-0.39, 0.29) is 0 Å². The number of carbonyl (C=O) groups excluding carboxylic acids is 1. The summed E-state index contributed by atoms with van der Waals surface area (Å²) in [5.74, 6) is 1.21. The Morgan fingerprint density at radius 2 is 1.71 bits per heavy atom. The number of hydrogen-bond acceptors (Lipinski definition) is 2. The molecule has 2 amide bonds. The van der Waals surface area contributed by atoms with Gasteiger partial charge in [0.15, 0.2) is 0 Å². The Kier molecular flexibility index (Phi) is 2.70. The van der Waals surface area contributed by atoms with Gasteiger partial charge in [-0.2, -0.15) is 5.10 Å². The lowest BCUT2D eigenvalue weighted by atomic mass is 9.71. The van der Waals surface area contributed by atoms with Crippen molar-refractivity contribution in [3.63, 3.8) is 0 Å². The highest BCUT2D eigenvalue weighted by atomic mass is 16.2. The number of urea groups is 1. The smallest absolute Gasteiger partial charge is 0.332 e. The molecule has 78 valence electrons. The first-order valence-corrected chi connectivity index (χ1v) is 5.40. The third-order valence-corrected chi connectivity index (χ3v) is 3.34. The summed E-state index contributed by atoms with van der Waals surface area (Å²) in [6, 6.07) is -0.554. The zero-order valence-corrected chi connectivity index (χ0v) is 8.33. The van der Waals surface area contributed by atoms with E-state index >= 15 is 0 Å². The lowest BCUT2D eigenvalue weighted by Crippen LogP contribution is -2.36. The molecule has 4 heteroatoms. The van der Waals surface area contributed by atoms with Gasteiger partial charge < -0.3 is 5.73 Å². The Labute approximate surface area is 83.9 Å². The average molecular weight is 195 g/mol. The van der Waals surface area contributed by atoms with Crippen molar-refractivity contribution in [2.45, 2.75) is 38.5 Å². The Bertz CT molecular complexity index is 238. The van der Waals surface area contributed by atoms with Crippen LogP contribution in [0.2, 0.25) is 0 Å². The van der Waals surface area contributed by atoms with E-state index in [1.165, 1.54) is 44.2 Å². The van der Waals surface area contributed by atoms with Crippen LogP contribution in [0, 0.1) is 11.8 Å². The summed E-state index contributed by atoms with van der Waals surface area (Å²) in [5, 5.41) is 4.16. The van der Waals surface area contributed by atoms with Crippen molar-refractivity contribution in [2.24, 2.45) is 22.7 Å². The van der Waals surface area contributed by atoms with Crippen molar-refractivity contribution in [3.8, 4) is 0 Å². The van der Waals surface area contributed by atoms with E-state index in [9.17, 15) is 4.79 Å². The summed E-state index contributed by atoms with van der Waals surface area (Å²) in [5.41, 5.74) is 8.57. The topological polar surface area (TPSA) is 67.5 Å². The molecule has 2 aliphatic rings. The van der Waals surface area contributed by atoms with Crippen LogP contribution in [0.1, 0.15) is 38.5 Å². The summed E-state index contributed by atoms with van der Waals surface area (Å²) in [7, 11) is 0. The van der Waals surface area contributed by atoms with E-state index in [0.717, 1.165) is 0 Å². The van der Waals surface area contributed by atoms with Crippen LogP contribution in [-0.4, -0.2) is 11.7 Å². The number of primary amides is 1. The van der Waals surface area contributed by atoms with Gasteiger partial charge in [0.25, 0.3) is 0 Å². The van der Waals surface area contributed by atoms with Gasteiger partial charge in [0, 0.05) is 5.71 Å². The van der Waals surface area contributed by atoms with Crippen molar-refractivity contribution in [2.75, 3.05) is 0 Å². The number of nitrogens with two attached hydrogens (primary N) is 1. The van der Waals surface area contributed by atoms with Crippen LogP contribution >= 0.6 is 0 Å². The molecular formula is C10H17N3O. The molecule has 0 aliphatic heterocycles. The number of nitrogens with one attached hydrogen (secondary N) is 1. The number of hydrogen-bond donors (Lipinski definition) is 2. The molecule has 2 bridgehead atoms. The van der Waals surface area contributed by atoms with Crippen LogP contribution < -0.4 is 11.2 Å². The standard InChI is InChI=1S/C10H17N3O/c11-10(14)13-12-9-7-3-1-4-8(9)6-2-5-7/h7-8H,1-6H2,(H3,11,13,14). The number of amides is 2. The van der Waals surface area contributed by atoms with E-state index in [2.05, 4.69) is 10.5 Å². The molecule has 0 unspecified atom stereocenters. The third kappa shape index (κ3) is 1.89. The number of fused-ring (bicyclic) bond motifs is 2. The molecule has 2 fully saturated rings. The lowest BCUT2D eigenvalue weighted by Gasteiger charge is -2.35. The predicted octanol–water partition coefficient (Wildman–Crippen LogP) is 1.61. The second-order valence-corrected chi connectivity index (χ2v) is 4.27. The first-order chi connectivity index (χ1) is 6.77. The zero-order valence-electron chi connectivity index (χ0n) is 8.33. The largest absolute Gasteiger partial charge is 0.350 e. The van der Waals surface area contributed by atoms with E-state index in [4.69, 9.17) is 5.73 Å². The maximum absolute atomic E-state index is 10.6. The molecule has 2 rings (SSSR count). The SMILES string of the molecule is NC(=O)NN=C1C2CCCC1CCC2. The Hall–Kier alpha value is -1.06. The molecule has 2 saturated carbocycles. The monoisotopic (exact) mass is 195 g/mol. The fraction of sp³-hybridized carbons (Fsp3) is 0.800. The summed E-state index contributed by atoms with van der Waals surface area (Å²) >= 11 is 0.